The molecule has 4 aliphatic carbocycles. The molecule has 0 spiro atoms. The van der Waals surface area contributed by atoms with Crippen LogP contribution in [0.15, 0.2) is 34.9 Å². The minimum atomic E-state index is -0.377. The van der Waals surface area contributed by atoms with E-state index in [1.165, 1.54) is 11.1 Å². The number of carbonyl (C=O) groups excluding carboxylic acids is 2. The van der Waals surface area contributed by atoms with E-state index in [4.69, 9.17) is 0 Å². The molecule has 4 heteroatoms. The maximum absolute atomic E-state index is 12.2. The van der Waals surface area contributed by atoms with E-state index >= 15 is 0 Å². The second-order valence-electron chi connectivity index (χ2n) is 8.37. The minimum absolute atomic E-state index is 0.0444. The number of hydrogen-bond acceptors (Lipinski definition) is 4. The van der Waals surface area contributed by atoms with Crippen molar-refractivity contribution in [3.63, 3.8) is 0 Å². The maximum Gasteiger partial charge on any atom is 0.162 e. The van der Waals surface area contributed by atoms with Gasteiger partial charge in [0, 0.05) is 17.8 Å². The highest BCUT2D eigenvalue weighted by Crippen LogP contribution is 2.62. The Hall–Kier alpha value is -1.52. The third-order valence-electron chi connectivity index (χ3n) is 7.46. The van der Waals surface area contributed by atoms with Crippen molar-refractivity contribution in [3.8, 4) is 0 Å². The van der Waals surface area contributed by atoms with Gasteiger partial charge >= 0.3 is 0 Å². The van der Waals surface area contributed by atoms with Gasteiger partial charge in [0.2, 0.25) is 0 Å². The zero-order valence-electron chi connectivity index (χ0n) is 14.8. The molecule has 4 nitrogen and oxygen atoms in total. The number of hydrogen-bond donors (Lipinski definition) is 2. The van der Waals surface area contributed by atoms with Crippen LogP contribution in [0.1, 0.15) is 45.4 Å². The molecule has 1 saturated carbocycles. The predicted octanol–water partition coefficient (Wildman–Crippen LogP) is 2.51. The second kappa shape index (κ2) is 5.75. The Kier molecular flexibility index (Phi) is 3.89. The Balaban J connectivity index is 1.83. The molecule has 0 aliphatic heterocycles. The molecule has 0 aromatic carbocycles. The molecule has 0 unspecified atom stereocenters. The molecule has 25 heavy (non-hydrogen) atoms. The normalized spacial score (nSPS) is 39.6. The van der Waals surface area contributed by atoms with Crippen LogP contribution in [0.3, 0.4) is 0 Å². The van der Waals surface area contributed by atoms with Crippen molar-refractivity contribution in [1.82, 2.24) is 0 Å². The third-order valence-corrected chi connectivity index (χ3v) is 7.46. The molecule has 0 amide bonds. The van der Waals surface area contributed by atoms with Crippen LogP contribution in [0.5, 0.6) is 0 Å². The Bertz CT molecular complexity index is 728. The molecule has 1 fully saturated rings. The van der Waals surface area contributed by atoms with Crippen LogP contribution in [0.4, 0.5) is 0 Å². The van der Waals surface area contributed by atoms with Crippen molar-refractivity contribution in [2.24, 2.45) is 22.7 Å². The number of ketones is 2. The molecule has 0 radical (unpaired) electrons. The second-order valence-corrected chi connectivity index (χ2v) is 8.37. The summed E-state index contributed by atoms with van der Waals surface area (Å²) in [5.41, 5.74) is 3.09. The summed E-state index contributed by atoms with van der Waals surface area (Å²) in [6.45, 7) is 1.86. The smallest absolute Gasteiger partial charge is 0.162 e. The van der Waals surface area contributed by atoms with Gasteiger partial charge in [0.15, 0.2) is 11.6 Å². The average molecular weight is 342 g/mol. The van der Waals surface area contributed by atoms with Gasteiger partial charge in [0.1, 0.15) is 6.61 Å². The maximum atomic E-state index is 12.2. The summed E-state index contributed by atoms with van der Waals surface area (Å²) in [6, 6.07) is 0. The summed E-state index contributed by atoms with van der Waals surface area (Å²) in [6.07, 6.45) is 10.6. The zero-order chi connectivity index (χ0) is 17.8. The molecular weight excluding hydrogens is 316 g/mol. The Morgan fingerprint density at radius 3 is 2.72 bits per heavy atom. The molecule has 0 heterocycles. The Morgan fingerprint density at radius 1 is 1.20 bits per heavy atom. The molecule has 0 aromatic rings. The highest BCUT2D eigenvalue weighted by Gasteiger charge is 2.54. The van der Waals surface area contributed by atoms with Crippen molar-refractivity contribution in [2.75, 3.05) is 13.2 Å². The quantitative estimate of drug-likeness (QED) is 0.826. The lowest BCUT2D eigenvalue weighted by Gasteiger charge is -2.51. The first-order valence-electron chi connectivity index (χ1n) is 9.37. The fourth-order valence-electron chi connectivity index (χ4n) is 6.06. The average Bonchev–Trinajstić information content (AvgIpc) is 2.98. The number of fused-ring (bicyclic) bond motifs is 4. The lowest BCUT2D eigenvalue weighted by Crippen LogP contribution is -2.45. The molecule has 0 aromatic heterocycles. The Labute approximate surface area is 148 Å². The number of rotatable bonds is 3. The number of carbonyl (C=O) groups is 2. The first-order valence-corrected chi connectivity index (χ1v) is 9.37. The summed E-state index contributed by atoms with van der Waals surface area (Å²) < 4.78 is 0. The standard InChI is InChI=1S/C21H26O4/c1-20-8-7-17-15(16(20)4-5-18(20)19(25)11-22)3-2-13-10-14(24)6-9-21(13,17)12-23/h2-3,10,17-18,22-23H,4-9,11-12H2,1H3/t17-,18+,20-,21+/m0/s1. The van der Waals surface area contributed by atoms with Crippen LogP contribution < -0.4 is 0 Å². The van der Waals surface area contributed by atoms with Gasteiger partial charge in [-0.2, -0.15) is 0 Å². The van der Waals surface area contributed by atoms with E-state index in [2.05, 4.69) is 13.0 Å². The van der Waals surface area contributed by atoms with E-state index in [1.807, 2.05) is 6.08 Å². The highest BCUT2D eigenvalue weighted by molar-refractivity contribution is 5.92. The van der Waals surface area contributed by atoms with E-state index in [-0.39, 0.29) is 47.4 Å². The SMILES string of the molecule is C[C@]12CC[C@H]3C(=C1CC[C@@H]2C(=O)CO)C=CC1=CC(=O)CC[C@@]13CO. The number of allylic oxidation sites excluding steroid dienone is 5. The van der Waals surface area contributed by atoms with Crippen molar-refractivity contribution < 1.29 is 19.8 Å². The van der Waals surface area contributed by atoms with Crippen LogP contribution in [-0.2, 0) is 9.59 Å². The van der Waals surface area contributed by atoms with Gasteiger partial charge in [-0.05, 0) is 60.7 Å². The molecule has 4 aliphatic rings. The zero-order valence-corrected chi connectivity index (χ0v) is 14.8. The number of aliphatic hydroxyl groups excluding tert-OH is 2. The minimum Gasteiger partial charge on any atom is -0.395 e. The van der Waals surface area contributed by atoms with Crippen molar-refractivity contribution in [3.05, 3.63) is 34.9 Å². The van der Waals surface area contributed by atoms with Crippen molar-refractivity contribution >= 4 is 11.6 Å². The molecule has 134 valence electrons. The summed E-state index contributed by atoms with van der Waals surface area (Å²) >= 11 is 0. The van der Waals surface area contributed by atoms with E-state index in [0.29, 0.717) is 12.8 Å². The fourth-order valence-corrected chi connectivity index (χ4v) is 6.06. The lowest BCUT2D eigenvalue weighted by atomic mass is 9.53. The van der Waals surface area contributed by atoms with E-state index in [0.717, 1.165) is 31.3 Å². The van der Waals surface area contributed by atoms with Crippen LogP contribution >= 0.6 is 0 Å². The monoisotopic (exact) mass is 342 g/mol. The van der Waals surface area contributed by atoms with Crippen molar-refractivity contribution in [2.45, 2.75) is 45.4 Å². The summed E-state index contributed by atoms with van der Waals surface area (Å²) in [5, 5.41) is 19.6. The summed E-state index contributed by atoms with van der Waals surface area (Å²) in [4.78, 5) is 24.1. The molecule has 0 bridgehead atoms. The highest BCUT2D eigenvalue weighted by atomic mass is 16.3. The molecule has 4 rings (SSSR count). The number of aliphatic hydroxyl groups is 2. The van der Waals surface area contributed by atoms with Gasteiger partial charge in [-0.3, -0.25) is 9.59 Å². The van der Waals surface area contributed by atoms with Gasteiger partial charge in [-0.15, -0.1) is 0 Å². The van der Waals surface area contributed by atoms with Crippen LogP contribution in [-0.4, -0.2) is 35.0 Å². The molecule has 4 atom stereocenters. The van der Waals surface area contributed by atoms with Gasteiger partial charge in [0.25, 0.3) is 0 Å². The fraction of sp³-hybridized carbons (Fsp3) is 0.619. The van der Waals surface area contributed by atoms with Gasteiger partial charge in [0.05, 0.1) is 6.61 Å². The van der Waals surface area contributed by atoms with E-state index in [1.54, 1.807) is 6.08 Å². The van der Waals surface area contributed by atoms with Gasteiger partial charge < -0.3 is 10.2 Å². The van der Waals surface area contributed by atoms with E-state index in [9.17, 15) is 19.8 Å². The van der Waals surface area contributed by atoms with Crippen LogP contribution in [0.2, 0.25) is 0 Å². The van der Waals surface area contributed by atoms with Gasteiger partial charge in [-0.25, -0.2) is 0 Å². The predicted molar refractivity (Wildman–Crippen MR) is 93.7 cm³/mol. The summed E-state index contributed by atoms with van der Waals surface area (Å²) in [7, 11) is 0. The third kappa shape index (κ3) is 2.20. The first kappa shape index (κ1) is 16.9. The molecular formula is C21H26O4. The molecule has 2 N–H and O–H groups in total. The van der Waals surface area contributed by atoms with Crippen molar-refractivity contribution in [1.29, 1.82) is 0 Å². The van der Waals surface area contributed by atoms with Crippen LogP contribution in [0, 0.1) is 22.7 Å². The first-order chi connectivity index (χ1) is 12.0. The van der Waals surface area contributed by atoms with E-state index < -0.39 is 0 Å². The summed E-state index contributed by atoms with van der Waals surface area (Å²) in [5.74, 6) is 0.240. The Morgan fingerprint density at radius 2 is 2.00 bits per heavy atom. The molecule has 0 saturated heterocycles. The number of Topliss-reactive ketones (excluding diaryl/α,β-unsaturated/α-hetero) is 1. The van der Waals surface area contributed by atoms with Crippen LogP contribution in [0.25, 0.3) is 0 Å². The lowest BCUT2D eigenvalue weighted by molar-refractivity contribution is -0.128. The van der Waals surface area contributed by atoms with Gasteiger partial charge in [-0.1, -0.05) is 24.6 Å². The topological polar surface area (TPSA) is 74.6 Å². The largest absolute Gasteiger partial charge is 0.395 e.